The van der Waals surface area contributed by atoms with E-state index >= 15 is 0 Å². The maximum absolute atomic E-state index is 12.7. The van der Waals surface area contributed by atoms with Crippen molar-refractivity contribution in [3.05, 3.63) is 87.9 Å². The van der Waals surface area contributed by atoms with Crippen molar-refractivity contribution >= 4 is 39.4 Å². The van der Waals surface area contributed by atoms with Gasteiger partial charge in [-0.05, 0) is 17.7 Å². The van der Waals surface area contributed by atoms with Gasteiger partial charge in [0.25, 0.3) is 5.56 Å². The van der Waals surface area contributed by atoms with Gasteiger partial charge >= 0.3 is 0 Å². The molecule has 0 amide bonds. The smallest absolute Gasteiger partial charge is 0.267 e. The maximum Gasteiger partial charge on any atom is 0.282 e. The van der Waals surface area contributed by atoms with Crippen LogP contribution in [0.25, 0.3) is 20.7 Å². The van der Waals surface area contributed by atoms with Crippen LogP contribution in [0.3, 0.4) is 0 Å². The second-order valence-electron chi connectivity index (χ2n) is 5.36. The van der Waals surface area contributed by atoms with Crippen LogP contribution >= 0.6 is 22.9 Å². The Labute approximate surface area is 152 Å². The Bertz CT molecular complexity index is 1130. The van der Waals surface area contributed by atoms with Gasteiger partial charge in [0.05, 0.1) is 11.6 Å². The number of thiophene rings is 1. The van der Waals surface area contributed by atoms with Gasteiger partial charge < -0.3 is 0 Å². The fourth-order valence-electron chi connectivity index (χ4n) is 2.44. The zero-order valence-electron chi connectivity index (χ0n) is 13.0. The molecule has 0 radical (unpaired) electrons. The van der Waals surface area contributed by atoms with E-state index in [0.717, 1.165) is 16.0 Å². The lowest BCUT2D eigenvalue weighted by atomic mass is 10.2. The van der Waals surface area contributed by atoms with Crippen LogP contribution in [0.15, 0.2) is 76.9 Å². The van der Waals surface area contributed by atoms with Crippen molar-refractivity contribution in [1.29, 1.82) is 0 Å². The molecule has 4 rings (SSSR count). The van der Waals surface area contributed by atoms with E-state index in [1.165, 1.54) is 22.3 Å². The molecule has 4 nitrogen and oxygen atoms in total. The van der Waals surface area contributed by atoms with E-state index < -0.39 is 0 Å². The van der Waals surface area contributed by atoms with Crippen molar-refractivity contribution in [2.45, 2.75) is 0 Å². The number of aromatic nitrogens is 2. The first kappa shape index (κ1) is 15.7. The molecule has 0 N–H and O–H groups in total. The SMILES string of the molecule is O=c1c2cc(-c3ccccc3)sc2ncn1/N=C\c1ccccc1Cl. The minimum atomic E-state index is -0.202. The van der Waals surface area contributed by atoms with E-state index in [-0.39, 0.29) is 5.56 Å². The monoisotopic (exact) mass is 365 g/mol. The molecule has 0 bridgehead atoms. The Morgan fingerprint density at radius 3 is 2.64 bits per heavy atom. The molecule has 0 saturated heterocycles. The summed E-state index contributed by atoms with van der Waals surface area (Å²) >= 11 is 7.60. The molecule has 6 heteroatoms. The highest BCUT2D eigenvalue weighted by Gasteiger charge is 2.10. The first-order chi connectivity index (χ1) is 12.2. The van der Waals surface area contributed by atoms with Crippen molar-refractivity contribution in [1.82, 2.24) is 9.66 Å². The second kappa shape index (κ2) is 6.63. The van der Waals surface area contributed by atoms with Crippen molar-refractivity contribution < 1.29 is 0 Å². The molecule has 0 aliphatic heterocycles. The molecule has 2 heterocycles. The quantitative estimate of drug-likeness (QED) is 0.496. The molecule has 122 valence electrons. The number of fused-ring (bicyclic) bond motifs is 1. The third-order valence-corrected chi connectivity index (χ3v) is 5.16. The lowest BCUT2D eigenvalue weighted by Crippen LogP contribution is -2.16. The second-order valence-corrected chi connectivity index (χ2v) is 6.79. The summed E-state index contributed by atoms with van der Waals surface area (Å²) in [6.45, 7) is 0. The van der Waals surface area contributed by atoms with Crippen molar-refractivity contribution in [2.24, 2.45) is 5.10 Å². The largest absolute Gasteiger partial charge is 0.282 e. The predicted molar refractivity (Wildman–Crippen MR) is 104 cm³/mol. The van der Waals surface area contributed by atoms with Gasteiger partial charge in [0.2, 0.25) is 0 Å². The van der Waals surface area contributed by atoms with E-state index in [9.17, 15) is 4.79 Å². The summed E-state index contributed by atoms with van der Waals surface area (Å²) in [5.74, 6) is 0. The fourth-order valence-corrected chi connectivity index (χ4v) is 3.62. The molecule has 0 atom stereocenters. The van der Waals surface area contributed by atoms with Gasteiger partial charge in [-0.3, -0.25) is 4.79 Å². The van der Waals surface area contributed by atoms with Crippen LogP contribution < -0.4 is 5.56 Å². The minimum Gasteiger partial charge on any atom is -0.267 e. The molecule has 0 unspecified atom stereocenters. The number of rotatable bonds is 3. The third-order valence-electron chi connectivity index (χ3n) is 3.72. The molecule has 25 heavy (non-hydrogen) atoms. The average Bonchev–Trinajstić information content (AvgIpc) is 3.08. The molecule has 2 aromatic heterocycles. The number of nitrogens with zero attached hydrogens (tertiary/aromatic N) is 3. The lowest BCUT2D eigenvalue weighted by molar-refractivity contribution is 0.819. The number of halogens is 1. The van der Waals surface area contributed by atoms with E-state index in [1.807, 2.05) is 54.6 Å². The zero-order chi connectivity index (χ0) is 17.2. The summed E-state index contributed by atoms with van der Waals surface area (Å²) in [4.78, 5) is 18.7. The predicted octanol–water partition coefficient (Wildman–Crippen LogP) is 4.66. The zero-order valence-corrected chi connectivity index (χ0v) is 14.5. The highest BCUT2D eigenvalue weighted by Crippen LogP contribution is 2.30. The number of hydrogen-bond acceptors (Lipinski definition) is 4. The first-order valence-corrected chi connectivity index (χ1v) is 8.77. The van der Waals surface area contributed by atoms with E-state index in [4.69, 9.17) is 11.6 Å². The van der Waals surface area contributed by atoms with Gasteiger partial charge in [-0.15, -0.1) is 11.3 Å². The first-order valence-electron chi connectivity index (χ1n) is 7.58. The molecule has 0 aliphatic rings. The topological polar surface area (TPSA) is 47.2 Å². The van der Waals surface area contributed by atoms with Crippen LogP contribution in [0.2, 0.25) is 5.02 Å². The molecular weight excluding hydrogens is 354 g/mol. The Hall–Kier alpha value is -2.76. The van der Waals surface area contributed by atoms with E-state index in [1.54, 1.807) is 12.3 Å². The molecule has 2 aromatic carbocycles. The summed E-state index contributed by atoms with van der Waals surface area (Å²) in [6, 6.07) is 19.1. The summed E-state index contributed by atoms with van der Waals surface area (Å²) in [7, 11) is 0. The Morgan fingerprint density at radius 2 is 1.84 bits per heavy atom. The summed E-state index contributed by atoms with van der Waals surface area (Å²) in [5, 5.41) is 5.34. The van der Waals surface area contributed by atoms with Gasteiger partial charge in [-0.2, -0.15) is 9.78 Å². The maximum atomic E-state index is 12.7. The standard InChI is InChI=1S/C19H12ClN3OS/c20-16-9-5-4-8-14(16)11-22-23-12-21-18-15(19(23)24)10-17(25-18)13-6-2-1-3-7-13/h1-12H/b22-11-. The Balaban J connectivity index is 1.76. The van der Waals surface area contributed by atoms with E-state index in [2.05, 4.69) is 10.1 Å². The average molecular weight is 366 g/mol. The van der Waals surface area contributed by atoms with Gasteiger partial charge in [0, 0.05) is 15.5 Å². The van der Waals surface area contributed by atoms with Crippen LogP contribution in [0.1, 0.15) is 5.56 Å². The molecule has 0 saturated carbocycles. The van der Waals surface area contributed by atoms with Gasteiger partial charge in [0.1, 0.15) is 11.2 Å². The van der Waals surface area contributed by atoms with E-state index in [0.29, 0.717) is 15.2 Å². The summed E-state index contributed by atoms with van der Waals surface area (Å²) in [5.41, 5.74) is 1.61. The van der Waals surface area contributed by atoms with Crippen molar-refractivity contribution in [2.75, 3.05) is 0 Å². The normalized spacial score (nSPS) is 11.4. The molecule has 0 spiro atoms. The molecule has 0 fully saturated rings. The Morgan fingerprint density at radius 1 is 1.08 bits per heavy atom. The molecule has 0 aliphatic carbocycles. The van der Waals surface area contributed by atoms with Crippen molar-refractivity contribution in [3.8, 4) is 10.4 Å². The van der Waals surface area contributed by atoms with Crippen LogP contribution in [-0.4, -0.2) is 15.9 Å². The van der Waals surface area contributed by atoms with Crippen molar-refractivity contribution in [3.63, 3.8) is 0 Å². The van der Waals surface area contributed by atoms with Crippen LogP contribution in [0.4, 0.5) is 0 Å². The Kier molecular flexibility index (Phi) is 4.17. The van der Waals surface area contributed by atoms with Gasteiger partial charge in [0.15, 0.2) is 0 Å². The number of benzene rings is 2. The van der Waals surface area contributed by atoms with Gasteiger partial charge in [-0.1, -0.05) is 60.1 Å². The van der Waals surface area contributed by atoms with Gasteiger partial charge in [-0.25, -0.2) is 4.98 Å². The molecular formula is C19H12ClN3OS. The number of hydrogen-bond donors (Lipinski definition) is 0. The summed E-state index contributed by atoms with van der Waals surface area (Å²) < 4.78 is 1.23. The highest BCUT2D eigenvalue weighted by molar-refractivity contribution is 7.21. The van der Waals surface area contributed by atoms with Crippen LogP contribution in [-0.2, 0) is 0 Å². The third kappa shape index (κ3) is 3.12. The summed E-state index contributed by atoms with van der Waals surface area (Å²) in [6.07, 6.45) is 2.99. The fraction of sp³-hybridized carbons (Fsp3) is 0. The highest BCUT2D eigenvalue weighted by atomic mass is 35.5. The van der Waals surface area contributed by atoms with Crippen LogP contribution in [0, 0.1) is 0 Å². The molecule has 4 aromatic rings. The van der Waals surface area contributed by atoms with Crippen LogP contribution in [0.5, 0.6) is 0 Å². The minimum absolute atomic E-state index is 0.202. The lowest BCUT2D eigenvalue weighted by Gasteiger charge is -1.98.